The highest BCUT2D eigenvalue weighted by atomic mass is 28.3. The molecule has 0 aliphatic carbocycles. The summed E-state index contributed by atoms with van der Waals surface area (Å²) >= 11 is 0. The maximum Gasteiger partial charge on any atom is 0.408 e. The highest BCUT2D eigenvalue weighted by Crippen LogP contribution is 2.16. The van der Waals surface area contributed by atoms with Gasteiger partial charge in [-0.15, -0.1) is 0 Å². The fourth-order valence-corrected chi connectivity index (χ4v) is 2.19. The standard InChI is InChI=1S/C11H19F3N2O2Si/c1-19(2,3)7-6-18-9-15-5-4-10(17)16(15)8-11(12,13)14/h4-5H,6-9H2,1-3H3. The Morgan fingerprint density at radius 3 is 2.47 bits per heavy atom. The average Bonchev–Trinajstić information content (AvgIpc) is 2.52. The molecular formula is C11H19F3N2O2Si. The quantitative estimate of drug-likeness (QED) is 0.597. The summed E-state index contributed by atoms with van der Waals surface area (Å²) in [5, 5.41) is 0. The molecule has 8 heteroatoms. The number of hydrogen-bond acceptors (Lipinski definition) is 2. The highest BCUT2D eigenvalue weighted by Gasteiger charge is 2.29. The summed E-state index contributed by atoms with van der Waals surface area (Å²) in [6.07, 6.45) is -3.11. The molecule has 1 rings (SSSR count). The summed E-state index contributed by atoms with van der Waals surface area (Å²) in [7, 11) is -1.22. The van der Waals surface area contributed by atoms with Crippen LogP contribution in [0.2, 0.25) is 25.7 Å². The van der Waals surface area contributed by atoms with E-state index in [4.69, 9.17) is 4.74 Å². The third-order valence-electron chi connectivity index (χ3n) is 2.50. The van der Waals surface area contributed by atoms with Crippen molar-refractivity contribution in [3.63, 3.8) is 0 Å². The van der Waals surface area contributed by atoms with Crippen LogP contribution in [0.5, 0.6) is 0 Å². The van der Waals surface area contributed by atoms with Crippen LogP contribution < -0.4 is 5.56 Å². The van der Waals surface area contributed by atoms with Gasteiger partial charge in [-0.1, -0.05) is 19.6 Å². The van der Waals surface area contributed by atoms with E-state index in [1.54, 1.807) is 0 Å². The Bertz CT molecular complexity index is 460. The first-order valence-corrected chi connectivity index (χ1v) is 9.70. The average molecular weight is 296 g/mol. The molecule has 0 bridgehead atoms. The van der Waals surface area contributed by atoms with E-state index in [9.17, 15) is 18.0 Å². The Morgan fingerprint density at radius 1 is 1.32 bits per heavy atom. The first kappa shape index (κ1) is 16.0. The zero-order chi connectivity index (χ0) is 14.7. The number of ether oxygens (including phenoxy) is 1. The first-order chi connectivity index (χ1) is 8.58. The number of halogens is 3. The van der Waals surface area contributed by atoms with Gasteiger partial charge in [0.15, 0.2) is 0 Å². The van der Waals surface area contributed by atoms with E-state index < -0.39 is 26.4 Å². The van der Waals surface area contributed by atoms with Crippen molar-refractivity contribution < 1.29 is 17.9 Å². The lowest BCUT2D eigenvalue weighted by Crippen LogP contribution is -2.31. The van der Waals surface area contributed by atoms with Crippen LogP contribution in [0.15, 0.2) is 17.1 Å². The molecule has 0 amide bonds. The largest absolute Gasteiger partial charge is 0.408 e. The normalized spacial score (nSPS) is 12.9. The molecular weight excluding hydrogens is 277 g/mol. The summed E-state index contributed by atoms with van der Waals surface area (Å²) in [6.45, 7) is 5.72. The summed E-state index contributed by atoms with van der Waals surface area (Å²) in [5.74, 6) is 0. The molecule has 19 heavy (non-hydrogen) atoms. The Balaban J connectivity index is 2.57. The molecule has 0 aliphatic rings. The van der Waals surface area contributed by atoms with Gasteiger partial charge in [-0.05, 0) is 6.04 Å². The van der Waals surface area contributed by atoms with Gasteiger partial charge in [0.05, 0.1) is 0 Å². The first-order valence-electron chi connectivity index (χ1n) is 5.99. The van der Waals surface area contributed by atoms with Crippen LogP contribution in [0.4, 0.5) is 13.2 Å². The van der Waals surface area contributed by atoms with Crippen LogP contribution in [-0.2, 0) is 18.0 Å². The Labute approximate surface area is 110 Å². The number of rotatable bonds is 6. The third-order valence-corrected chi connectivity index (χ3v) is 4.21. The molecule has 0 unspecified atom stereocenters. The van der Waals surface area contributed by atoms with E-state index >= 15 is 0 Å². The summed E-state index contributed by atoms with van der Waals surface area (Å²) in [4.78, 5) is 11.3. The van der Waals surface area contributed by atoms with Gasteiger partial charge in [0.25, 0.3) is 5.56 Å². The maximum atomic E-state index is 12.3. The second-order valence-electron chi connectivity index (χ2n) is 5.61. The Kier molecular flexibility index (Phi) is 5.02. The predicted molar refractivity (Wildman–Crippen MR) is 68.9 cm³/mol. The topological polar surface area (TPSA) is 36.2 Å². The van der Waals surface area contributed by atoms with Gasteiger partial charge in [-0.3, -0.25) is 9.48 Å². The van der Waals surface area contributed by atoms with Crippen LogP contribution in [0, 0.1) is 0 Å². The summed E-state index contributed by atoms with van der Waals surface area (Å²) in [6, 6.07) is 2.03. The highest BCUT2D eigenvalue weighted by molar-refractivity contribution is 6.76. The van der Waals surface area contributed by atoms with E-state index in [0.717, 1.165) is 16.8 Å². The fourth-order valence-electron chi connectivity index (χ4n) is 1.43. The van der Waals surface area contributed by atoms with E-state index in [1.165, 1.54) is 6.20 Å². The molecule has 0 fully saturated rings. The predicted octanol–water partition coefficient (Wildman–Crippen LogP) is 2.52. The second kappa shape index (κ2) is 5.95. The Hall–Kier alpha value is -1.02. The zero-order valence-electron chi connectivity index (χ0n) is 11.3. The molecule has 4 nitrogen and oxygen atoms in total. The van der Waals surface area contributed by atoms with Gasteiger partial charge >= 0.3 is 6.18 Å². The van der Waals surface area contributed by atoms with Crippen LogP contribution in [0.1, 0.15) is 0 Å². The molecule has 1 aromatic heterocycles. The number of aromatic nitrogens is 2. The van der Waals surface area contributed by atoms with Gasteiger partial charge in [0, 0.05) is 26.9 Å². The van der Waals surface area contributed by atoms with Crippen molar-refractivity contribution in [1.29, 1.82) is 0 Å². The Morgan fingerprint density at radius 2 is 1.95 bits per heavy atom. The lowest BCUT2D eigenvalue weighted by molar-refractivity contribution is -0.146. The summed E-state index contributed by atoms with van der Waals surface area (Å²) < 4.78 is 44.1. The van der Waals surface area contributed by atoms with Crippen molar-refractivity contribution in [2.24, 2.45) is 0 Å². The van der Waals surface area contributed by atoms with Gasteiger partial charge < -0.3 is 4.74 Å². The molecule has 0 atom stereocenters. The molecule has 110 valence electrons. The molecule has 0 saturated heterocycles. The molecule has 0 saturated carbocycles. The maximum absolute atomic E-state index is 12.3. The fraction of sp³-hybridized carbons (Fsp3) is 0.727. The number of alkyl halides is 3. The minimum atomic E-state index is -4.42. The SMILES string of the molecule is C[Si](C)(C)CCOCn1ccc(=O)n1CC(F)(F)F. The number of nitrogens with zero attached hydrogens (tertiary/aromatic N) is 2. The van der Waals surface area contributed by atoms with Crippen molar-refractivity contribution in [3.05, 3.63) is 22.6 Å². The minimum absolute atomic E-state index is 0.0389. The molecule has 0 aromatic carbocycles. The molecule has 0 aliphatic heterocycles. The number of hydrogen-bond donors (Lipinski definition) is 0. The molecule has 0 spiro atoms. The van der Waals surface area contributed by atoms with Gasteiger partial charge in [-0.2, -0.15) is 13.2 Å². The molecule has 0 N–H and O–H groups in total. The van der Waals surface area contributed by atoms with Crippen molar-refractivity contribution in [2.75, 3.05) is 6.61 Å². The minimum Gasteiger partial charge on any atom is -0.360 e. The van der Waals surface area contributed by atoms with E-state index in [1.807, 2.05) is 0 Å². The zero-order valence-corrected chi connectivity index (χ0v) is 12.3. The van der Waals surface area contributed by atoms with Crippen LogP contribution >= 0.6 is 0 Å². The molecule has 0 radical (unpaired) electrons. The van der Waals surface area contributed by atoms with Crippen LogP contribution in [0.3, 0.4) is 0 Å². The summed E-state index contributed by atoms with van der Waals surface area (Å²) in [5.41, 5.74) is -0.675. The monoisotopic (exact) mass is 296 g/mol. The van der Waals surface area contributed by atoms with Crippen molar-refractivity contribution in [1.82, 2.24) is 9.36 Å². The lowest BCUT2D eigenvalue weighted by Gasteiger charge is -2.17. The van der Waals surface area contributed by atoms with Crippen molar-refractivity contribution >= 4 is 8.07 Å². The lowest BCUT2D eigenvalue weighted by atomic mass is 10.6. The van der Waals surface area contributed by atoms with E-state index in [0.29, 0.717) is 11.3 Å². The second-order valence-corrected chi connectivity index (χ2v) is 11.2. The molecule has 1 aromatic rings. The van der Waals surface area contributed by atoms with E-state index in [2.05, 4.69) is 19.6 Å². The van der Waals surface area contributed by atoms with Gasteiger partial charge in [0.1, 0.15) is 13.3 Å². The van der Waals surface area contributed by atoms with Crippen molar-refractivity contribution in [2.45, 2.75) is 45.1 Å². The van der Waals surface area contributed by atoms with E-state index in [-0.39, 0.29) is 6.73 Å². The van der Waals surface area contributed by atoms with Crippen LogP contribution in [0.25, 0.3) is 0 Å². The van der Waals surface area contributed by atoms with Crippen molar-refractivity contribution in [3.8, 4) is 0 Å². The smallest absolute Gasteiger partial charge is 0.360 e. The third kappa shape index (κ3) is 6.10. The van der Waals surface area contributed by atoms with Gasteiger partial charge in [-0.25, -0.2) is 4.68 Å². The van der Waals surface area contributed by atoms with Gasteiger partial charge in [0.2, 0.25) is 0 Å². The molecule has 1 heterocycles. The van der Waals surface area contributed by atoms with Crippen LogP contribution in [-0.4, -0.2) is 30.2 Å².